The van der Waals surface area contributed by atoms with E-state index in [1.54, 1.807) is 12.1 Å². The molecule has 0 aromatic heterocycles. The third-order valence-corrected chi connectivity index (χ3v) is 2.95. The average molecular weight is 243 g/mol. The first-order valence-corrected chi connectivity index (χ1v) is 5.27. The van der Waals surface area contributed by atoms with E-state index in [-0.39, 0.29) is 13.3 Å². The molecule has 0 unspecified atom stereocenters. The number of hydrogen-bond acceptors (Lipinski definition) is 2. The minimum absolute atomic E-state index is 0.0316. The summed E-state index contributed by atoms with van der Waals surface area (Å²) in [5, 5.41) is 0. The van der Waals surface area contributed by atoms with Gasteiger partial charge in [-0.2, -0.15) is 0 Å². The Kier molecular flexibility index (Phi) is 2.11. The normalized spacial score (nSPS) is 17.7. The highest BCUT2D eigenvalue weighted by Crippen LogP contribution is 2.35. The predicted octanol–water partition coefficient (Wildman–Crippen LogP) is 1.75. The third kappa shape index (κ3) is 1.75. The molecule has 0 amide bonds. The lowest BCUT2D eigenvalue weighted by molar-refractivity contribution is -0.430. The molecule has 3 rings (SSSR count). The summed E-state index contributed by atoms with van der Waals surface area (Å²) < 4.78 is 48.6. The molecule has 0 N–H and O–H groups in total. The maximum atomic E-state index is 12.6. The molecule has 17 heavy (non-hydrogen) atoms. The van der Waals surface area contributed by atoms with Gasteiger partial charge in [-0.05, 0) is 17.7 Å². The molecule has 0 bridgehead atoms. The molecule has 0 fully saturated rings. The third-order valence-electron chi connectivity index (χ3n) is 2.95. The van der Waals surface area contributed by atoms with Crippen LogP contribution in [0.15, 0.2) is 12.1 Å². The standard InChI is InChI=1S/C10H9BF3NO2/c12-11(13,14)15-2-1-7-3-9-10(17-6-16-9)4-8(7)5-15/h3-5H,1-2,6H2. The van der Waals surface area contributed by atoms with Crippen LogP contribution in [0.3, 0.4) is 0 Å². The molecule has 0 saturated carbocycles. The van der Waals surface area contributed by atoms with Gasteiger partial charge in [0.05, 0.1) is 0 Å². The minimum atomic E-state index is -4.96. The zero-order chi connectivity index (χ0) is 12.0. The molecule has 0 atom stereocenters. The topological polar surface area (TPSA) is 21.5 Å². The highest BCUT2D eigenvalue weighted by Gasteiger charge is 2.43. The van der Waals surface area contributed by atoms with Gasteiger partial charge in [-0.1, -0.05) is 0 Å². The molecule has 0 radical (unpaired) electrons. The summed E-state index contributed by atoms with van der Waals surface area (Å²) in [5.41, 5.74) is 1.42. The Balaban J connectivity index is 2.06. The second-order valence-corrected chi connectivity index (χ2v) is 4.06. The van der Waals surface area contributed by atoms with Crippen molar-refractivity contribution in [3.05, 3.63) is 23.3 Å². The van der Waals surface area contributed by atoms with Gasteiger partial charge in [-0.15, -0.1) is 0 Å². The van der Waals surface area contributed by atoms with Crippen molar-refractivity contribution in [3.63, 3.8) is 0 Å². The summed E-state index contributed by atoms with van der Waals surface area (Å²) in [6.07, 6.45) is 1.50. The van der Waals surface area contributed by atoms with Crippen molar-refractivity contribution in [2.45, 2.75) is 6.42 Å². The van der Waals surface area contributed by atoms with E-state index in [0.29, 0.717) is 28.0 Å². The Labute approximate surface area is 95.5 Å². The molecule has 0 spiro atoms. The van der Waals surface area contributed by atoms with Crippen molar-refractivity contribution in [2.24, 2.45) is 0 Å². The Morgan fingerprint density at radius 1 is 1.12 bits per heavy atom. The summed E-state index contributed by atoms with van der Waals surface area (Å²) >= 11 is 0. The lowest BCUT2D eigenvalue weighted by Gasteiger charge is -2.19. The van der Waals surface area contributed by atoms with Gasteiger partial charge in [-0.25, -0.2) is 0 Å². The molecule has 1 aromatic carbocycles. The second-order valence-electron chi connectivity index (χ2n) is 4.06. The van der Waals surface area contributed by atoms with Crippen LogP contribution < -0.4 is 9.47 Å². The average Bonchev–Trinajstić information content (AvgIpc) is 2.70. The van der Waals surface area contributed by atoms with Crippen LogP contribution in [0.1, 0.15) is 11.1 Å². The maximum absolute atomic E-state index is 12.6. The predicted molar refractivity (Wildman–Crippen MR) is 55.6 cm³/mol. The summed E-state index contributed by atoms with van der Waals surface area (Å²) in [4.78, 5) is 0. The fourth-order valence-electron chi connectivity index (χ4n) is 2.06. The molecule has 7 heteroatoms. The van der Waals surface area contributed by atoms with Gasteiger partial charge in [0.2, 0.25) is 6.79 Å². The van der Waals surface area contributed by atoms with Crippen LogP contribution in [0.5, 0.6) is 11.5 Å². The van der Waals surface area contributed by atoms with Crippen molar-refractivity contribution < 1.29 is 26.9 Å². The zero-order valence-corrected chi connectivity index (χ0v) is 8.83. The first-order chi connectivity index (χ1) is 8.04. The van der Waals surface area contributed by atoms with Gasteiger partial charge in [0.15, 0.2) is 11.5 Å². The highest BCUT2D eigenvalue weighted by molar-refractivity contribution is 6.50. The number of hydrogen-bond donors (Lipinski definition) is 0. The SMILES string of the molecule is F[B-](F)(F)[N+]1=Cc2cc3c(cc2CC1)OCO3. The molecule has 2 aliphatic heterocycles. The van der Waals surface area contributed by atoms with Crippen molar-refractivity contribution in [1.29, 1.82) is 0 Å². The summed E-state index contributed by atoms with van der Waals surface area (Å²) in [5.74, 6) is 1.12. The fraction of sp³-hybridized carbons (Fsp3) is 0.300. The van der Waals surface area contributed by atoms with Crippen molar-refractivity contribution >= 4 is 13.3 Å². The summed E-state index contributed by atoms with van der Waals surface area (Å²) in [6.45, 7) is 0.0985. The van der Waals surface area contributed by atoms with Gasteiger partial charge in [0.1, 0.15) is 12.8 Å². The molecule has 90 valence electrons. The van der Waals surface area contributed by atoms with Crippen LogP contribution in [-0.4, -0.2) is 31.2 Å². The first-order valence-electron chi connectivity index (χ1n) is 5.27. The second kappa shape index (κ2) is 3.42. The van der Waals surface area contributed by atoms with E-state index in [0.717, 1.165) is 11.8 Å². The van der Waals surface area contributed by atoms with Gasteiger partial charge in [-0.3, -0.25) is 0 Å². The first kappa shape index (κ1) is 10.5. The van der Waals surface area contributed by atoms with E-state index >= 15 is 0 Å². The van der Waals surface area contributed by atoms with Crippen LogP contribution in [0.25, 0.3) is 0 Å². The smallest absolute Gasteiger partial charge is 0.454 e. The quantitative estimate of drug-likeness (QED) is 0.700. The zero-order valence-electron chi connectivity index (χ0n) is 8.83. The van der Waals surface area contributed by atoms with Gasteiger partial charge < -0.3 is 26.9 Å². The fourth-order valence-corrected chi connectivity index (χ4v) is 2.06. The maximum Gasteiger partial charge on any atom is 0.805 e. The van der Waals surface area contributed by atoms with E-state index < -0.39 is 7.11 Å². The van der Waals surface area contributed by atoms with Gasteiger partial charge in [0, 0.05) is 12.0 Å². The Hall–Kier alpha value is -1.66. The van der Waals surface area contributed by atoms with Gasteiger partial charge in [0.25, 0.3) is 0 Å². The molecular weight excluding hydrogens is 234 g/mol. The molecule has 3 nitrogen and oxygen atoms in total. The lowest BCUT2D eigenvalue weighted by atomic mass is 9.97. The van der Waals surface area contributed by atoms with E-state index in [1.165, 1.54) is 0 Å². The number of nitrogens with zero attached hydrogens (tertiary/aromatic N) is 1. The summed E-state index contributed by atoms with van der Waals surface area (Å²) in [7, 11) is -4.96. The van der Waals surface area contributed by atoms with Crippen LogP contribution in [-0.2, 0) is 6.42 Å². The largest absolute Gasteiger partial charge is 0.805 e. The van der Waals surface area contributed by atoms with E-state index in [9.17, 15) is 12.9 Å². The van der Waals surface area contributed by atoms with E-state index in [2.05, 4.69) is 0 Å². The van der Waals surface area contributed by atoms with Crippen LogP contribution in [0.4, 0.5) is 12.9 Å². The van der Waals surface area contributed by atoms with Crippen LogP contribution >= 0.6 is 0 Å². The number of halogens is 3. The molecule has 2 aliphatic rings. The molecular formula is C10H9BF3NO2. The number of ether oxygens (including phenoxy) is 2. The monoisotopic (exact) mass is 243 g/mol. The highest BCUT2D eigenvalue weighted by atomic mass is 19.4. The minimum Gasteiger partial charge on any atom is -0.454 e. The molecule has 2 heterocycles. The molecule has 0 saturated heterocycles. The van der Waals surface area contributed by atoms with Crippen molar-refractivity contribution in [3.8, 4) is 11.5 Å². The molecule has 0 aliphatic carbocycles. The Morgan fingerprint density at radius 2 is 1.82 bits per heavy atom. The van der Waals surface area contributed by atoms with Crippen LogP contribution in [0.2, 0.25) is 0 Å². The lowest BCUT2D eigenvalue weighted by Crippen LogP contribution is -2.39. The van der Waals surface area contributed by atoms with Crippen molar-refractivity contribution in [1.82, 2.24) is 0 Å². The summed E-state index contributed by atoms with van der Waals surface area (Å²) in [6, 6.07) is 3.36. The van der Waals surface area contributed by atoms with Crippen molar-refractivity contribution in [2.75, 3.05) is 13.3 Å². The number of benzene rings is 1. The number of rotatable bonds is 1. The van der Waals surface area contributed by atoms with E-state index in [1.807, 2.05) is 0 Å². The van der Waals surface area contributed by atoms with Gasteiger partial charge >= 0.3 is 7.11 Å². The Morgan fingerprint density at radius 3 is 2.53 bits per heavy atom. The molecule has 1 aromatic rings. The Bertz CT molecular complexity index is 513. The van der Waals surface area contributed by atoms with Crippen LogP contribution in [0, 0.1) is 0 Å². The van der Waals surface area contributed by atoms with E-state index in [4.69, 9.17) is 9.47 Å². The number of fused-ring (bicyclic) bond motifs is 2.